The molecule has 3 rings (SSSR count). The molecule has 0 aliphatic carbocycles. The Kier molecular flexibility index (Phi) is 2.84. The minimum absolute atomic E-state index is 0.0566. The molecule has 2 N–H and O–H groups in total. The van der Waals surface area contributed by atoms with Gasteiger partial charge in [0, 0.05) is 10.2 Å². The number of benzene rings is 2. The van der Waals surface area contributed by atoms with Crippen molar-refractivity contribution in [3.63, 3.8) is 0 Å². The molecule has 5 heteroatoms. The summed E-state index contributed by atoms with van der Waals surface area (Å²) >= 11 is 3.37. The third kappa shape index (κ3) is 2.02. The van der Waals surface area contributed by atoms with Gasteiger partial charge in [0.05, 0.1) is 5.56 Å². The van der Waals surface area contributed by atoms with Gasteiger partial charge in [-0.25, -0.2) is 0 Å². The van der Waals surface area contributed by atoms with E-state index < -0.39 is 0 Å². The van der Waals surface area contributed by atoms with Gasteiger partial charge in [0.1, 0.15) is 0 Å². The van der Waals surface area contributed by atoms with Crippen molar-refractivity contribution in [1.29, 1.82) is 0 Å². The van der Waals surface area contributed by atoms with Crippen LogP contribution in [0.3, 0.4) is 0 Å². The van der Waals surface area contributed by atoms with Crippen LogP contribution in [0.15, 0.2) is 53.0 Å². The molecule has 88 valence electrons. The second-order valence-electron chi connectivity index (χ2n) is 4.15. The smallest absolute Gasteiger partial charge is 0.405 e. The summed E-state index contributed by atoms with van der Waals surface area (Å²) in [5.74, 6) is -0.0566. The first-order valence-electron chi connectivity index (χ1n) is 5.66. The Morgan fingerprint density at radius 2 is 1.78 bits per heavy atom. The van der Waals surface area contributed by atoms with Crippen LogP contribution in [0.1, 0.15) is 10.4 Å². The molecule has 0 bridgehead atoms. The summed E-state index contributed by atoms with van der Waals surface area (Å²) in [6.45, 7) is -0.174. The van der Waals surface area contributed by atoms with Crippen molar-refractivity contribution in [2.75, 3.05) is 5.23 Å². The van der Waals surface area contributed by atoms with Gasteiger partial charge >= 0.3 is 6.98 Å². The summed E-state index contributed by atoms with van der Waals surface area (Å²) in [6, 6.07) is 15.5. The molecule has 0 unspecified atom stereocenters. The predicted octanol–water partition coefficient (Wildman–Crippen LogP) is 2.00. The number of fused-ring (bicyclic) bond motifs is 1. The van der Waals surface area contributed by atoms with E-state index in [0.717, 1.165) is 15.6 Å². The molecule has 3 nitrogen and oxygen atoms in total. The maximum atomic E-state index is 12.0. The Bertz CT molecular complexity index is 603. The lowest BCUT2D eigenvalue weighted by atomic mass is 9.66. The Morgan fingerprint density at radius 1 is 1.00 bits per heavy atom. The van der Waals surface area contributed by atoms with Crippen LogP contribution in [0, 0.1) is 0 Å². The number of amides is 1. The van der Waals surface area contributed by atoms with Gasteiger partial charge in [-0.1, -0.05) is 46.3 Å². The highest BCUT2D eigenvalue weighted by molar-refractivity contribution is 9.10. The molecule has 1 amide bonds. The summed E-state index contributed by atoms with van der Waals surface area (Å²) in [6.07, 6.45) is 0. The fraction of sp³-hybridized carbons (Fsp3) is 0. The van der Waals surface area contributed by atoms with Crippen molar-refractivity contribution in [1.82, 2.24) is 5.23 Å². The van der Waals surface area contributed by atoms with E-state index in [9.17, 15) is 4.79 Å². The van der Waals surface area contributed by atoms with Crippen LogP contribution in [0.5, 0.6) is 0 Å². The van der Waals surface area contributed by atoms with Gasteiger partial charge in [0.15, 0.2) is 0 Å². The highest BCUT2D eigenvalue weighted by Gasteiger charge is 2.28. The van der Waals surface area contributed by atoms with Gasteiger partial charge < -0.3 is 10.5 Å². The lowest BCUT2D eigenvalue weighted by Crippen LogP contribution is -2.56. The number of hydrogen-bond acceptors (Lipinski definition) is 2. The first-order chi connectivity index (χ1) is 8.74. The number of rotatable bonds is 1. The fourth-order valence-corrected chi connectivity index (χ4v) is 2.40. The SMILES string of the molecule is O=C1NB(c2ccccc2)Nc2ccc(Br)cc21. The third-order valence-electron chi connectivity index (χ3n) is 2.93. The second kappa shape index (κ2) is 4.50. The second-order valence-corrected chi connectivity index (χ2v) is 5.07. The van der Waals surface area contributed by atoms with E-state index in [4.69, 9.17) is 0 Å². The van der Waals surface area contributed by atoms with Crippen molar-refractivity contribution in [2.45, 2.75) is 0 Å². The molecule has 0 atom stereocenters. The zero-order chi connectivity index (χ0) is 12.5. The molecule has 18 heavy (non-hydrogen) atoms. The largest absolute Gasteiger partial charge is 0.408 e. The molecule has 0 fully saturated rings. The highest BCUT2D eigenvalue weighted by Crippen LogP contribution is 2.23. The summed E-state index contributed by atoms with van der Waals surface area (Å²) in [5.41, 5.74) is 2.56. The maximum absolute atomic E-state index is 12.0. The molecule has 2 aromatic rings. The normalized spacial score (nSPS) is 13.6. The average molecular weight is 301 g/mol. The van der Waals surface area contributed by atoms with E-state index in [2.05, 4.69) is 26.4 Å². The van der Waals surface area contributed by atoms with Gasteiger partial charge in [-0.15, -0.1) is 0 Å². The third-order valence-corrected chi connectivity index (χ3v) is 3.43. The molecule has 0 aromatic heterocycles. The van der Waals surface area contributed by atoms with E-state index in [1.165, 1.54) is 0 Å². The van der Waals surface area contributed by atoms with Crippen molar-refractivity contribution in [3.05, 3.63) is 58.6 Å². The van der Waals surface area contributed by atoms with Gasteiger partial charge in [-0.3, -0.25) is 4.79 Å². The average Bonchev–Trinajstić information content (AvgIpc) is 2.40. The van der Waals surface area contributed by atoms with Gasteiger partial charge in [0.25, 0.3) is 0 Å². The number of hydrogen-bond donors (Lipinski definition) is 2. The summed E-state index contributed by atoms with van der Waals surface area (Å²) in [4.78, 5) is 12.0. The highest BCUT2D eigenvalue weighted by atomic mass is 79.9. The number of halogens is 1. The van der Waals surface area contributed by atoms with Crippen LogP contribution in [0.4, 0.5) is 5.69 Å². The zero-order valence-electron chi connectivity index (χ0n) is 9.48. The standard InChI is InChI=1S/C13H10BBrN2O/c15-10-6-7-12-11(8-10)13(18)17-14(16-12)9-4-2-1-3-5-9/h1-8,16H,(H,17,18). The Morgan fingerprint density at radius 3 is 2.56 bits per heavy atom. The summed E-state index contributed by atoms with van der Waals surface area (Å²) in [5, 5.41) is 6.26. The van der Waals surface area contributed by atoms with Crippen LogP contribution in [0.25, 0.3) is 0 Å². The van der Waals surface area contributed by atoms with Crippen LogP contribution in [0.2, 0.25) is 0 Å². The molecule has 0 saturated carbocycles. The molecular weight excluding hydrogens is 291 g/mol. The number of anilines is 1. The molecule has 0 radical (unpaired) electrons. The molecule has 2 aromatic carbocycles. The first kappa shape index (κ1) is 11.4. The molecular formula is C13H10BBrN2O. The van der Waals surface area contributed by atoms with Gasteiger partial charge in [-0.05, 0) is 23.7 Å². The molecule has 1 aliphatic rings. The van der Waals surface area contributed by atoms with E-state index in [1.54, 1.807) is 0 Å². The van der Waals surface area contributed by atoms with Crippen LogP contribution in [-0.2, 0) is 0 Å². The lowest BCUT2D eigenvalue weighted by molar-refractivity contribution is 0.0979. The Hall–Kier alpha value is -1.75. The summed E-state index contributed by atoms with van der Waals surface area (Å²) < 4.78 is 0.899. The van der Waals surface area contributed by atoms with Crippen molar-refractivity contribution >= 4 is 40.0 Å². The van der Waals surface area contributed by atoms with Crippen LogP contribution >= 0.6 is 15.9 Å². The van der Waals surface area contributed by atoms with Crippen molar-refractivity contribution < 1.29 is 4.79 Å². The molecule has 0 saturated heterocycles. The number of nitrogens with one attached hydrogen (secondary N) is 2. The number of carbonyl (C=O) groups is 1. The van der Waals surface area contributed by atoms with Crippen LogP contribution < -0.4 is 15.9 Å². The quantitative estimate of drug-likeness (QED) is 0.791. The van der Waals surface area contributed by atoms with Crippen LogP contribution in [-0.4, -0.2) is 12.9 Å². The Balaban J connectivity index is 1.97. The molecule has 0 spiro atoms. The van der Waals surface area contributed by atoms with E-state index in [-0.39, 0.29) is 12.9 Å². The fourth-order valence-electron chi connectivity index (χ4n) is 2.04. The molecule has 1 heterocycles. The predicted molar refractivity (Wildman–Crippen MR) is 77.1 cm³/mol. The lowest BCUT2D eigenvalue weighted by Gasteiger charge is -2.25. The topological polar surface area (TPSA) is 41.1 Å². The van der Waals surface area contributed by atoms with Crippen molar-refractivity contribution in [3.8, 4) is 0 Å². The van der Waals surface area contributed by atoms with Crippen molar-refractivity contribution in [2.24, 2.45) is 0 Å². The zero-order valence-corrected chi connectivity index (χ0v) is 11.1. The van der Waals surface area contributed by atoms with E-state index in [1.807, 2.05) is 48.5 Å². The summed E-state index contributed by atoms with van der Waals surface area (Å²) in [7, 11) is 0. The first-order valence-corrected chi connectivity index (χ1v) is 6.45. The number of carbonyl (C=O) groups excluding carboxylic acids is 1. The minimum atomic E-state index is -0.174. The van der Waals surface area contributed by atoms with Gasteiger partial charge in [0.2, 0.25) is 5.91 Å². The molecule has 1 aliphatic heterocycles. The Labute approximate surface area is 114 Å². The maximum Gasteiger partial charge on any atom is 0.408 e. The minimum Gasteiger partial charge on any atom is -0.405 e. The van der Waals surface area contributed by atoms with E-state index >= 15 is 0 Å². The van der Waals surface area contributed by atoms with Gasteiger partial charge in [-0.2, -0.15) is 0 Å². The monoisotopic (exact) mass is 300 g/mol. The van der Waals surface area contributed by atoms with E-state index in [0.29, 0.717) is 5.56 Å².